The zero-order valence-electron chi connectivity index (χ0n) is 8.51. The molecule has 0 bridgehead atoms. The molecule has 0 saturated heterocycles. The molecule has 2 aromatic rings. The minimum atomic E-state index is 0.355. The fourth-order valence-electron chi connectivity index (χ4n) is 1.36. The van der Waals surface area contributed by atoms with Gasteiger partial charge in [0.1, 0.15) is 10.0 Å². The topological polar surface area (TPSA) is 37.8 Å². The summed E-state index contributed by atoms with van der Waals surface area (Å²) in [5, 5.41) is 9.78. The highest BCUT2D eigenvalue weighted by atomic mass is 32.1. The van der Waals surface area contributed by atoms with Crippen LogP contribution in [0.25, 0.3) is 0 Å². The van der Waals surface area contributed by atoms with Crippen molar-refractivity contribution in [1.29, 1.82) is 0 Å². The van der Waals surface area contributed by atoms with E-state index in [2.05, 4.69) is 22.2 Å². The predicted octanol–water partition coefficient (Wildman–Crippen LogP) is 2.84. The van der Waals surface area contributed by atoms with Gasteiger partial charge in [0.2, 0.25) is 0 Å². The van der Waals surface area contributed by atoms with Gasteiger partial charge < -0.3 is 5.32 Å². The minimum Gasteiger partial charge on any atom is -0.301 e. The van der Waals surface area contributed by atoms with E-state index in [1.54, 1.807) is 22.7 Å². The van der Waals surface area contributed by atoms with Crippen LogP contribution < -0.4 is 5.32 Å². The number of aromatic nitrogens is 2. The highest BCUT2D eigenvalue weighted by Crippen LogP contribution is 2.19. The Hall–Kier alpha value is -0.780. The SMILES string of the molecule is CCC(NCc1nccs1)c1nccs1. The number of rotatable bonds is 5. The molecule has 2 rings (SSSR count). The van der Waals surface area contributed by atoms with Gasteiger partial charge in [-0.15, -0.1) is 22.7 Å². The van der Waals surface area contributed by atoms with Gasteiger partial charge in [0.25, 0.3) is 0 Å². The number of nitrogens with one attached hydrogen (secondary N) is 1. The molecule has 15 heavy (non-hydrogen) atoms. The molecule has 1 atom stereocenters. The van der Waals surface area contributed by atoms with Crippen molar-refractivity contribution >= 4 is 22.7 Å². The summed E-state index contributed by atoms with van der Waals surface area (Å²) in [6.45, 7) is 3.00. The van der Waals surface area contributed by atoms with Gasteiger partial charge in [-0.05, 0) is 6.42 Å². The first-order valence-electron chi connectivity index (χ1n) is 4.91. The first kappa shape index (κ1) is 10.7. The minimum absolute atomic E-state index is 0.355. The number of nitrogens with zero attached hydrogens (tertiary/aromatic N) is 2. The third-order valence-corrected chi connectivity index (χ3v) is 3.81. The summed E-state index contributed by atoms with van der Waals surface area (Å²) < 4.78 is 0. The Kier molecular flexibility index (Phi) is 3.82. The Morgan fingerprint density at radius 3 is 2.67 bits per heavy atom. The maximum absolute atomic E-state index is 4.33. The molecule has 0 aromatic carbocycles. The molecule has 5 heteroatoms. The van der Waals surface area contributed by atoms with Gasteiger partial charge in [0, 0.05) is 29.7 Å². The molecule has 0 spiro atoms. The van der Waals surface area contributed by atoms with Gasteiger partial charge in [0.15, 0.2) is 0 Å². The van der Waals surface area contributed by atoms with Gasteiger partial charge >= 0.3 is 0 Å². The van der Waals surface area contributed by atoms with Crippen molar-refractivity contribution < 1.29 is 0 Å². The lowest BCUT2D eigenvalue weighted by Gasteiger charge is -2.12. The molecule has 0 fully saturated rings. The van der Waals surface area contributed by atoms with Crippen LogP contribution in [0.2, 0.25) is 0 Å². The molecule has 1 N–H and O–H groups in total. The third-order valence-electron chi connectivity index (χ3n) is 2.14. The normalized spacial score (nSPS) is 12.9. The molecule has 1 unspecified atom stereocenters. The molecule has 2 aromatic heterocycles. The van der Waals surface area contributed by atoms with Crippen molar-refractivity contribution in [1.82, 2.24) is 15.3 Å². The fourth-order valence-corrected chi connectivity index (χ4v) is 2.73. The second-order valence-corrected chi connectivity index (χ2v) is 5.04. The van der Waals surface area contributed by atoms with Gasteiger partial charge in [-0.3, -0.25) is 0 Å². The van der Waals surface area contributed by atoms with Crippen LogP contribution in [-0.4, -0.2) is 9.97 Å². The molecular formula is C10H13N3S2. The second-order valence-electron chi connectivity index (χ2n) is 3.14. The van der Waals surface area contributed by atoms with E-state index in [4.69, 9.17) is 0 Å². The zero-order chi connectivity index (χ0) is 10.5. The number of hydrogen-bond donors (Lipinski definition) is 1. The van der Waals surface area contributed by atoms with E-state index in [0.29, 0.717) is 6.04 Å². The van der Waals surface area contributed by atoms with Crippen molar-refractivity contribution in [3.8, 4) is 0 Å². The van der Waals surface area contributed by atoms with Crippen LogP contribution in [-0.2, 0) is 6.54 Å². The molecule has 0 saturated carbocycles. The standard InChI is InChI=1S/C10H13N3S2/c1-2-8(10-12-4-6-15-10)13-7-9-11-3-5-14-9/h3-6,8,13H,2,7H2,1H3. The smallest absolute Gasteiger partial charge is 0.109 e. The van der Waals surface area contributed by atoms with Crippen LogP contribution in [0.1, 0.15) is 29.4 Å². The maximum atomic E-state index is 4.33. The first-order valence-corrected chi connectivity index (χ1v) is 6.67. The largest absolute Gasteiger partial charge is 0.301 e. The summed E-state index contributed by atoms with van der Waals surface area (Å²) >= 11 is 3.38. The first-order chi connectivity index (χ1) is 7.40. The number of thiazole rings is 2. The average molecular weight is 239 g/mol. The zero-order valence-corrected chi connectivity index (χ0v) is 10.1. The van der Waals surface area contributed by atoms with Crippen LogP contribution in [0.15, 0.2) is 23.2 Å². The van der Waals surface area contributed by atoms with Crippen LogP contribution >= 0.6 is 22.7 Å². The Labute approximate surface area is 97.2 Å². The van der Waals surface area contributed by atoms with E-state index in [1.807, 2.05) is 23.2 Å². The average Bonchev–Trinajstić information content (AvgIpc) is 2.90. The van der Waals surface area contributed by atoms with Gasteiger partial charge in [-0.25, -0.2) is 9.97 Å². The lowest BCUT2D eigenvalue weighted by atomic mass is 10.2. The molecule has 2 heterocycles. The second kappa shape index (κ2) is 5.34. The molecule has 0 aliphatic heterocycles. The Morgan fingerprint density at radius 2 is 2.07 bits per heavy atom. The molecule has 3 nitrogen and oxygen atoms in total. The van der Waals surface area contributed by atoms with Crippen molar-refractivity contribution in [3.05, 3.63) is 33.2 Å². The lowest BCUT2D eigenvalue weighted by Crippen LogP contribution is -2.19. The van der Waals surface area contributed by atoms with Crippen molar-refractivity contribution in [2.24, 2.45) is 0 Å². The summed E-state index contributed by atoms with van der Waals surface area (Å²) in [5.74, 6) is 0. The molecule has 0 aliphatic rings. The summed E-state index contributed by atoms with van der Waals surface area (Å²) in [6.07, 6.45) is 4.75. The Morgan fingerprint density at radius 1 is 1.27 bits per heavy atom. The van der Waals surface area contributed by atoms with Crippen molar-refractivity contribution in [2.45, 2.75) is 25.9 Å². The molecule has 0 radical (unpaired) electrons. The predicted molar refractivity (Wildman–Crippen MR) is 64.1 cm³/mol. The molecule has 0 aliphatic carbocycles. The van der Waals surface area contributed by atoms with E-state index in [-0.39, 0.29) is 0 Å². The summed E-state index contributed by atoms with van der Waals surface area (Å²) in [4.78, 5) is 8.57. The van der Waals surface area contributed by atoms with E-state index < -0.39 is 0 Å². The van der Waals surface area contributed by atoms with Gasteiger partial charge in [0.05, 0.1) is 6.04 Å². The number of hydrogen-bond acceptors (Lipinski definition) is 5. The third kappa shape index (κ3) is 2.84. The monoisotopic (exact) mass is 239 g/mol. The summed E-state index contributed by atoms with van der Waals surface area (Å²) in [6, 6.07) is 0.355. The maximum Gasteiger partial charge on any atom is 0.109 e. The quantitative estimate of drug-likeness (QED) is 0.872. The van der Waals surface area contributed by atoms with Crippen LogP contribution in [0.4, 0.5) is 0 Å². The van der Waals surface area contributed by atoms with Crippen LogP contribution in [0.5, 0.6) is 0 Å². The molecule has 80 valence electrons. The fraction of sp³-hybridized carbons (Fsp3) is 0.400. The van der Waals surface area contributed by atoms with E-state index in [1.165, 1.54) is 0 Å². The molecule has 0 amide bonds. The van der Waals surface area contributed by atoms with E-state index in [9.17, 15) is 0 Å². The van der Waals surface area contributed by atoms with Crippen molar-refractivity contribution in [3.63, 3.8) is 0 Å². The van der Waals surface area contributed by atoms with E-state index in [0.717, 1.165) is 23.0 Å². The Bertz CT molecular complexity index is 369. The molecular weight excluding hydrogens is 226 g/mol. The summed E-state index contributed by atoms with van der Waals surface area (Å²) in [5.41, 5.74) is 0. The Balaban J connectivity index is 1.92. The van der Waals surface area contributed by atoms with Crippen LogP contribution in [0.3, 0.4) is 0 Å². The van der Waals surface area contributed by atoms with Gasteiger partial charge in [-0.2, -0.15) is 0 Å². The van der Waals surface area contributed by atoms with Crippen LogP contribution in [0, 0.1) is 0 Å². The van der Waals surface area contributed by atoms with E-state index >= 15 is 0 Å². The summed E-state index contributed by atoms with van der Waals surface area (Å²) in [7, 11) is 0. The lowest BCUT2D eigenvalue weighted by molar-refractivity contribution is 0.516. The van der Waals surface area contributed by atoms with Gasteiger partial charge in [-0.1, -0.05) is 6.92 Å². The highest BCUT2D eigenvalue weighted by molar-refractivity contribution is 7.09. The highest BCUT2D eigenvalue weighted by Gasteiger charge is 2.11. The van der Waals surface area contributed by atoms with Crippen molar-refractivity contribution in [2.75, 3.05) is 0 Å².